The Balaban J connectivity index is 1.10. The first kappa shape index (κ1) is 18.4. The Bertz CT molecular complexity index is 937. The van der Waals surface area contributed by atoms with Crippen LogP contribution in [0.1, 0.15) is 43.7 Å². The third-order valence-electron chi connectivity index (χ3n) is 7.75. The average Bonchev–Trinajstić information content (AvgIpc) is 3.03. The van der Waals surface area contributed by atoms with Crippen molar-refractivity contribution in [2.24, 2.45) is 22.7 Å². The molecule has 3 aliphatic heterocycles. The van der Waals surface area contributed by atoms with Gasteiger partial charge < -0.3 is 19.1 Å². The first-order valence-electron chi connectivity index (χ1n) is 11.0. The maximum absolute atomic E-state index is 12.8. The molecule has 6 rings (SSSR count). The largest absolute Gasteiger partial charge is 0.466 e. The summed E-state index contributed by atoms with van der Waals surface area (Å²) < 4.78 is 17.6. The third-order valence-corrected chi connectivity index (χ3v) is 7.75. The highest BCUT2D eigenvalue weighted by Crippen LogP contribution is 2.63. The lowest BCUT2D eigenvalue weighted by atomic mass is 9.84. The normalized spacial score (nSPS) is 35.2. The van der Waals surface area contributed by atoms with Crippen LogP contribution in [0.5, 0.6) is 0 Å². The highest BCUT2D eigenvalue weighted by atomic mass is 16.5. The predicted octanol–water partition coefficient (Wildman–Crippen LogP) is 2.38. The summed E-state index contributed by atoms with van der Waals surface area (Å²) in [5, 5.41) is 0. The molecule has 0 N–H and O–H groups in total. The molecule has 0 bridgehead atoms. The molecule has 30 heavy (non-hydrogen) atoms. The summed E-state index contributed by atoms with van der Waals surface area (Å²) in [6, 6.07) is 8.89. The Kier molecular flexibility index (Phi) is 3.85. The topological polar surface area (TPSA) is 77.4 Å². The number of piperidine rings is 1. The molecule has 1 aromatic carbocycles. The fourth-order valence-electron chi connectivity index (χ4n) is 6.11. The van der Waals surface area contributed by atoms with E-state index in [0.29, 0.717) is 32.1 Å². The summed E-state index contributed by atoms with van der Waals surface area (Å²) in [6.07, 6.45) is 2.84. The van der Waals surface area contributed by atoms with Crippen LogP contribution < -0.4 is 0 Å². The lowest BCUT2D eigenvalue weighted by Crippen LogP contribution is -2.47. The van der Waals surface area contributed by atoms with E-state index in [9.17, 15) is 9.59 Å². The van der Waals surface area contributed by atoms with Crippen molar-refractivity contribution in [2.45, 2.75) is 50.4 Å². The van der Waals surface area contributed by atoms with Crippen LogP contribution >= 0.6 is 0 Å². The van der Waals surface area contributed by atoms with E-state index in [1.807, 2.05) is 6.92 Å². The Morgan fingerprint density at radius 3 is 2.67 bits per heavy atom. The quantitative estimate of drug-likeness (QED) is 0.697. The first-order valence-corrected chi connectivity index (χ1v) is 11.0. The average molecular weight is 410 g/mol. The second-order valence-corrected chi connectivity index (χ2v) is 9.24. The number of carbonyl (C=O) groups excluding carboxylic acids is 2. The minimum absolute atomic E-state index is 0.0644. The second kappa shape index (κ2) is 6.30. The molecule has 2 atom stereocenters. The summed E-state index contributed by atoms with van der Waals surface area (Å²) in [4.78, 5) is 31.2. The molecule has 2 spiro atoms. The van der Waals surface area contributed by atoms with Crippen molar-refractivity contribution in [1.82, 2.24) is 4.90 Å². The molecule has 0 radical (unpaired) electrons. The Morgan fingerprint density at radius 1 is 1.20 bits per heavy atom. The fourth-order valence-corrected chi connectivity index (χ4v) is 6.11. The molecular weight excluding hydrogens is 384 g/mol. The number of likely N-dealkylation sites (tertiary alicyclic amines) is 1. The number of fused-ring (bicyclic) bond motifs is 3. The van der Waals surface area contributed by atoms with Crippen molar-refractivity contribution in [3.63, 3.8) is 0 Å². The molecule has 1 aromatic rings. The van der Waals surface area contributed by atoms with Crippen LogP contribution in [0.3, 0.4) is 0 Å². The van der Waals surface area contributed by atoms with Gasteiger partial charge in [0.1, 0.15) is 0 Å². The maximum Gasteiger partial charge on any atom is 0.309 e. The molecule has 2 aliphatic carbocycles. The molecule has 2 unspecified atom stereocenters. The molecule has 7 heteroatoms. The van der Waals surface area contributed by atoms with Gasteiger partial charge in [-0.2, -0.15) is 4.99 Å². The molecule has 1 saturated heterocycles. The minimum atomic E-state index is -0.862. The van der Waals surface area contributed by atoms with Crippen LogP contribution in [0.4, 0.5) is 0 Å². The van der Waals surface area contributed by atoms with E-state index in [1.54, 1.807) is 0 Å². The predicted molar refractivity (Wildman–Crippen MR) is 106 cm³/mol. The summed E-state index contributed by atoms with van der Waals surface area (Å²) >= 11 is 0. The molecule has 158 valence electrons. The van der Waals surface area contributed by atoms with Gasteiger partial charge in [-0.15, -0.1) is 0 Å². The zero-order valence-corrected chi connectivity index (χ0v) is 17.1. The molecule has 3 fully saturated rings. The van der Waals surface area contributed by atoms with Crippen LogP contribution in [0.15, 0.2) is 29.3 Å². The van der Waals surface area contributed by atoms with Crippen LogP contribution in [-0.4, -0.2) is 48.1 Å². The standard InChI is InChI=1S/C23H26N2O5/c1-2-28-19(26)18-15-11-23(12-16(15)18)20(27)24-21(30-23)25-9-7-22(8-10-25)17-6-4-3-5-14(17)13-29-22/h3-6,15-16,18H,2,7-13H2,1H3. The number of aliphatic imine (C=N–C) groups is 1. The van der Waals surface area contributed by atoms with E-state index in [4.69, 9.17) is 14.2 Å². The van der Waals surface area contributed by atoms with E-state index in [2.05, 4.69) is 34.2 Å². The Hall–Kier alpha value is -2.41. The molecule has 7 nitrogen and oxygen atoms in total. The monoisotopic (exact) mass is 410 g/mol. The van der Waals surface area contributed by atoms with E-state index in [-0.39, 0.29) is 35.2 Å². The molecule has 5 aliphatic rings. The highest BCUT2D eigenvalue weighted by molar-refractivity contribution is 6.02. The minimum Gasteiger partial charge on any atom is -0.466 e. The van der Waals surface area contributed by atoms with Gasteiger partial charge in [0.25, 0.3) is 11.9 Å². The van der Waals surface area contributed by atoms with Gasteiger partial charge in [-0.25, -0.2) is 0 Å². The van der Waals surface area contributed by atoms with Crippen LogP contribution in [0.2, 0.25) is 0 Å². The number of amides is 1. The van der Waals surface area contributed by atoms with E-state index in [0.717, 1.165) is 25.9 Å². The van der Waals surface area contributed by atoms with Crippen LogP contribution in [0, 0.1) is 17.8 Å². The van der Waals surface area contributed by atoms with Gasteiger partial charge in [-0.05, 0) is 42.7 Å². The molecule has 2 saturated carbocycles. The SMILES string of the molecule is CCOC(=O)C1C2CC3(CC21)OC(N1CCC2(CC1)OCc1ccccc12)=NC3=O. The van der Waals surface area contributed by atoms with Crippen LogP contribution in [0.25, 0.3) is 0 Å². The molecular formula is C23H26N2O5. The lowest BCUT2D eigenvalue weighted by Gasteiger charge is -2.40. The molecule has 3 heterocycles. The number of benzene rings is 1. The first-order chi connectivity index (χ1) is 14.6. The van der Waals surface area contributed by atoms with E-state index >= 15 is 0 Å². The van der Waals surface area contributed by atoms with Gasteiger partial charge in [0.15, 0.2) is 5.60 Å². The van der Waals surface area contributed by atoms with Crippen LogP contribution in [-0.2, 0) is 36.0 Å². The van der Waals surface area contributed by atoms with Gasteiger partial charge in [0.05, 0.1) is 24.7 Å². The molecule has 0 aromatic heterocycles. The smallest absolute Gasteiger partial charge is 0.309 e. The van der Waals surface area contributed by atoms with Crippen molar-refractivity contribution in [2.75, 3.05) is 19.7 Å². The van der Waals surface area contributed by atoms with Crippen molar-refractivity contribution >= 4 is 17.9 Å². The van der Waals surface area contributed by atoms with E-state index in [1.165, 1.54) is 11.1 Å². The summed E-state index contributed by atoms with van der Waals surface area (Å²) in [5.41, 5.74) is 1.48. The second-order valence-electron chi connectivity index (χ2n) is 9.24. The number of esters is 1. The van der Waals surface area contributed by atoms with Crippen molar-refractivity contribution in [3.05, 3.63) is 35.4 Å². The Morgan fingerprint density at radius 2 is 1.93 bits per heavy atom. The Labute approximate surface area is 175 Å². The zero-order valence-electron chi connectivity index (χ0n) is 17.1. The zero-order chi connectivity index (χ0) is 20.5. The van der Waals surface area contributed by atoms with E-state index < -0.39 is 5.60 Å². The maximum atomic E-state index is 12.8. The summed E-state index contributed by atoms with van der Waals surface area (Å²) in [5.74, 6) is -0.00115. The van der Waals surface area contributed by atoms with Gasteiger partial charge in [0, 0.05) is 25.9 Å². The number of carbonyl (C=O) groups is 2. The van der Waals surface area contributed by atoms with Crippen molar-refractivity contribution in [3.8, 4) is 0 Å². The highest BCUT2D eigenvalue weighted by Gasteiger charge is 2.70. The van der Waals surface area contributed by atoms with Gasteiger partial charge >= 0.3 is 5.97 Å². The third kappa shape index (κ3) is 2.51. The molecule has 1 amide bonds. The lowest BCUT2D eigenvalue weighted by molar-refractivity contribution is -0.147. The number of hydrogen-bond donors (Lipinski definition) is 0. The van der Waals surface area contributed by atoms with Crippen molar-refractivity contribution in [1.29, 1.82) is 0 Å². The summed E-state index contributed by atoms with van der Waals surface area (Å²) in [7, 11) is 0. The number of rotatable bonds is 2. The number of hydrogen-bond acceptors (Lipinski definition) is 6. The number of ether oxygens (including phenoxy) is 3. The van der Waals surface area contributed by atoms with Gasteiger partial charge in [-0.3, -0.25) is 9.59 Å². The number of nitrogens with zero attached hydrogens (tertiary/aromatic N) is 2. The summed E-state index contributed by atoms with van der Waals surface area (Å²) in [6.45, 7) is 4.37. The fraction of sp³-hybridized carbons (Fsp3) is 0.609. The number of amidine groups is 1. The van der Waals surface area contributed by atoms with Crippen molar-refractivity contribution < 1.29 is 23.8 Å². The van der Waals surface area contributed by atoms with Gasteiger partial charge in [-0.1, -0.05) is 24.3 Å². The van der Waals surface area contributed by atoms with Gasteiger partial charge in [0.2, 0.25) is 0 Å².